The van der Waals surface area contributed by atoms with E-state index in [-0.39, 0.29) is 5.91 Å². The van der Waals surface area contributed by atoms with E-state index in [0.29, 0.717) is 23.9 Å². The van der Waals surface area contributed by atoms with E-state index in [1.807, 2.05) is 24.4 Å². The van der Waals surface area contributed by atoms with Crippen molar-refractivity contribution in [3.05, 3.63) is 57.6 Å². The van der Waals surface area contributed by atoms with E-state index >= 15 is 0 Å². The number of carbonyl (C=O) groups excluding carboxylic acids is 1. The number of benzene rings is 1. The summed E-state index contributed by atoms with van der Waals surface area (Å²) >= 11 is 12.8. The maximum Gasteiger partial charge on any atom is 0.221 e. The van der Waals surface area contributed by atoms with E-state index in [2.05, 4.69) is 11.9 Å². The normalized spacial score (nSPS) is 18.7. The molecule has 3 rings (SSSR count). The van der Waals surface area contributed by atoms with Crippen molar-refractivity contribution in [1.82, 2.24) is 10.4 Å². The predicted octanol–water partition coefficient (Wildman–Crippen LogP) is 1.98. The summed E-state index contributed by atoms with van der Waals surface area (Å²) in [6.45, 7) is 6.02. The van der Waals surface area contributed by atoms with Gasteiger partial charge in [-0.2, -0.15) is 0 Å². The third kappa shape index (κ3) is 3.02. The number of nitrogens with zero attached hydrogens (tertiary/aromatic N) is 1. The molecule has 0 fully saturated rings. The number of allylic oxidation sites excluding steroid dienone is 1. The molecular formula is C17H16Cl2N2O2. The highest BCUT2D eigenvalue weighted by Crippen LogP contribution is 2.32. The lowest BCUT2D eigenvalue weighted by Crippen LogP contribution is -2.45. The minimum atomic E-state index is -0.392. The summed E-state index contributed by atoms with van der Waals surface area (Å²) in [6.07, 6.45) is 5.40. The fraction of sp³-hybridized carbons (Fsp3) is 0.235. The monoisotopic (exact) mass is 350 g/mol. The molecule has 1 aliphatic heterocycles. The summed E-state index contributed by atoms with van der Waals surface area (Å²) in [5.41, 5.74) is 2.51. The Balaban J connectivity index is 2.20. The smallest absolute Gasteiger partial charge is 0.221 e. The molecule has 1 aromatic carbocycles. The van der Waals surface area contributed by atoms with Gasteiger partial charge in [-0.3, -0.25) is 14.7 Å². The Labute approximate surface area is 144 Å². The lowest BCUT2D eigenvalue weighted by molar-refractivity contribution is -0.118. The van der Waals surface area contributed by atoms with Gasteiger partial charge < -0.3 is 5.32 Å². The molecule has 1 aromatic rings. The van der Waals surface area contributed by atoms with Gasteiger partial charge >= 0.3 is 0 Å². The number of rotatable bonds is 4. The maximum absolute atomic E-state index is 11.5. The number of nitrogens with one attached hydrogen (secondary N) is 1. The van der Waals surface area contributed by atoms with Crippen LogP contribution in [-0.4, -0.2) is 24.1 Å². The van der Waals surface area contributed by atoms with Gasteiger partial charge in [-0.1, -0.05) is 23.7 Å². The molecular weight excluding hydrogens is 335 g/mol. The van der Waals surface area contributed by atoms with Crippen LogP contribution in [0.5, 0.6) is 0 Å². The molecule has 0 spiro atoms. The number of hydrogen-bond donors (Lipinski definition) is 1. The molecule has 1 amide bonds. The number of alkyl halides is 1. The summed E-state index contributed by atoms with van der Waals surface area (Å²) in [5, 5.41) is 6.73. The molecule has 120 valence electrons. The van der Waals surface area contributed by atoms with Crippen molar-refractivity contribution in [3.8, 4) is 0 Å². The van der Waals surface area contributed by atoms with Gasteiger partial charge in [-0.15, -0.1) is 18.2 Å². The van der Waals surface area contributed by atoms with Crippen molar-refractivity contribution < 1.29 is 9.63 Å². The highest BCUT2D eigenvalue weighted by molar-refractivity contribution is 6.33. The van der Waals surface area contributed by atoms with E-state index in [1.54, 1.807) is 11.1 Å². The Hall–Kier alpha value is -1.75. The first-order valence-corrected chi connectivity index (χ1v) is 8.00. The molecule has 0 saturated carbocycles. The van der Waals surface area contributed by atoms with Crippen molar-refractivity contribution in [2.75, 3.05) is 13.2 Å². The number of carbonyl (C=O) groups is 1. The van der Waals surface area contributed by atoms with Crippen LogP contribution in [0.3, 0.4) is 0 Å². The Kier molecular flexibility index (Phi) is 4.48. The molecule has 1 heterocycles. The number of hydrogen-bond acceptors (Lipinski definition) is 3. The third-order valence-corrected chi connectivity index (χ3v) is 4.38. The molecule has 23 heavy (non-hydrogen) atoms. The summed E-state index contributed by atoms with van der Waals surface area (Å²) in [7, 11) is 0. The predicted molar refractivity (Wildman–Crippen MR) is 91.9 cm³/mol. The first-order chi connectivity index (χ1) is 11.0. The molecule has 6 heteroatoms. The van der Waals surface area contributed by atoms with Crippen molar-refractivity contribution in [2.45, 2.75) is 12.3 Å². The molecule has 0 saturated heterocycles. The zero-order chi connectivity index (χ0) is 16.6. The van der Waals surface area contributed by atoms with E-state index in [0.717, 1.165) is 21.6 Å². The van der Waals surface area contributed by atoms with E-state index < -0.39 is 5.38 Å². The van der Waals surface area contributed by atoms with Crippen LogP contribution >= 0.6 is 23.2 Å². The highest BCUT2D eigenvalue weighted by Gasteiger charge is 2.26. The third-order valence-electron chi connectivity index (χ3n) is 3.71. The van der Waals surface area contributed by atoms with Crippen molar-refractivity contribution in [2.24, 2.45) is 0 Å². The first kappa shape index (κ1) is 16.1. The molecule has 1 aliphatic carbocycles. The van der Waals surface area contributed by atoms with Gasteiger partial charge in [-0.05, 0) is 17.4 Å². The summed E-state index contributed by atoms with van der Waals surface area (Å²) < 4.78 is 0. The standard InChI is InChI=1S/C17H16Cl2N2O2/c1-3-6-23-21-8-11-4-5-13(18)17-14(19)7-15(20-10(2)22)12(9-21)16(11)17/h3-5,7-8,14H,1,6,9H2,2H3,(H,20,22). The van der Waals surface area contributed by atoms with Crippen molar-refractivity contribution in [3.63, 3.8) is 0 Å². The van der Waals surface area contributed by atoms with Crippen LogP contribution in [-0.2, 0) is 9.63 Å². The molecule has 1 N–H and O–H groups in total. The van der Waals surface area contributed by atoms with Crippen LogP contribution in [0, 0.1) is 0 Å². The first-order valence-electron chi connectivity index (χ1n) is 7.19. The van der Waals surface area contributed by atoms with Crippen LogP contribution in [0.1, 0.15) is 17.9 Å². The van der Waals surface area contributed by atoms with Crippen molar-refractivity contribution >= 4 is 40.9 Å². The van der Waals surface area contributed by atoms with Gasteiger partial charge in [-0.25, -0.2) is 0 Å². The Morgan fingerprint density at radius 1 is 1.57 bits per heavy atom. The van der Waals surface area contributed by atoms with Gasteiger partial charge in [0.15, 0.2) is 0 Å². The fourth-order valence-electron chi connectivity index (χ4n) is 2.85. The van der Waals surface area contributed by atoms with Gasteiger partial charge in [0.25, 0.3) is 0 Å². The molecule has 0 aromatic heterocycles. The Bertz CT molecular complexity index is 830. The number of hydroxylamine groups is 2. The van der Waals surface area contributed by atoms with Gasteiger partial charge in [0, 0.05) is 40.2 Å². The molecule has 2 aliphatic rings. The quantitative estimate of drug-likeness (QED) is 0.666. The van der Waals surface area contributed by atoms with Gasteiger partial charge in [0.1, 0.15) is 0 Å². The van der Waals surface area contributed by atoms with Crippen LogP contribution < -0.4 is 15.8 Å². The number of amides is 1. The highest BCUT2D eigenvalue weighted by atomic mass is 35.5. The second-order valence-corrected chi connectivity index (χ2v) is 6.23. The Morgan fingerprint density at radius 2 is 2.35 bits per heavy atom. The van der Waals surface area contributed by atoms with Crippen LogP contribution in [0.2, 0.25) is 5.02 Å². The lowest BCUT2D eigenvalue weighted by atomic mass is 9.92. The zero-order valence-electron chi connectivity index (χ0n) is 12.6. The summed E-state index contributed by atoms with van der Waals surface area (Å²) in [5.74, 6) is -0.146. The average molecular weight is 351 g/mol. The lowest BCUT2D eigenvalue weighted by Gasteiger charge is -2.30. The van der Waals surface area contributed by atoms with E-state index in [1.165, 1.54) is 6.92 Å². The topological polar surface area (TPSA) is 41.6 Å². The van der Waals surface area contributed by atoms with E-state index in [4.69, 9.17) is 28.0 Å². The van der Waals surface area contributed by atoms with Crippen LogP contribution in [0.4, 0.5) is 0 Å². The second-order valence-electron chi connectivity index (χ2n) is 5.36. The minimum absolute atomic E-state index is 0.146. The molecule has 0 bridgehead atoms. The van der Waals surface area contributed by atoms with Gasteiger partial charge in [0.2, 0.25) is 5.91 Å². The van der Waals surface area contributed by atoms with Gasteiger partial charge in [0.05, 0.1) is 18.5 Å². The maximum atomic E-state index is 11.5. The SMILES string of the molecule is C=CCON1C=c2ccc(Cl)c3c2=C(C1)C(NC(C)=O)=CC3Cl. The zero-order valence-corrected chi connectivity index (χ0v) is 14.1. The van der Waals surface area contributed by atoms with Crippen LogP contribution in [0.15, 0.2) is 36.6 Å². The molecule has 4 nitrogen and oxygen atoms in total. The molecule has 1 unspecified atom stereocenters. The number of halogens is 2. The summed E-state index contributed by atoms with van der Waals surface area (Å²) in [6, 6.07) is 3.75. The van der Waals surface area contributed by atoms with Crippen molar-refractivity contribution in [1.29, 1.82) is 0 Å². The average Bonchev–Trinajstić information content (AvgIpc) is 2.50. The summed E-state index contributed by atoms with van der Waals surface area (Å²) in [4.78, 5) is 17.1. The Morgan fingerprint density at radius 3 is 3.04 bits per heavy atom. The molecule has 1 atom stereocenters. The fourth-order valence-corrected chi connectivity index (χ4v) is 3.53. The second kappa shape index (κ2) is 6.40. The molecule has 0 radical (unpaired) electrons. The largest absolute Gasteiger partial charge is 0.326 e. The minimum Gasteiger partial charge on any atom is -0.326 e. The van der Waals surface area contributed by atoms with E-state index in [9.17, 15) is 4.79 Å². The van der Waals surface area contributed by atoms with Crippen LogP contribution in [0.25, 0.3) is 11.8 Å².